The molecule has 2 nitrogen and oxygen atoms in total. The second-order valence-corrected chi connectivity index (χ2v) is 5.00. The first kappa shape index (κ1) is 14.1. The maximum atomic E-state index is 8.88. The van der Waals surface area contributed by atoms with Gasteiger partial charge in [0, 0.05) is 24.6 Å². The molecule has 0 bridgehead atoms. The molecule has 0 aliphatic heterocycles. The van der Waals surface area contributed by atoms with Gasteiger partial charge in [0.15, 0.2) is 0 Å². The summed E-state index contributed by atoms with van der Waals surface area (Å²) in [5.74, 6) is 0.663. The molecule has 0 aliphatic rings. The fourth-order valence-corrected chi connectivity index (χ4v) is 2.46. The molecule has 0 saturated heterocycles. The number of halogens is 1. The lowest BCUT2D eigenvalue weighted by Gasteiger charge is -2.24. The average molecular weight is 295 g/mol. The number of nitrogens with zero attached hydrogens (tertiary/aromatic N) is 2. The summed E-state index contributed by atoms with van der Waals surface area (Å²) >= 11 is 3.57. The topological polar surface area (TPSA) is 27.0 Å². The summed E-state index contributed by atoms with van der Waals surface area (Å²) in [6, 6.07) is 9.95. The Morgan fingerprint density at radius 3 is 2.82 bits per heavy atom. The Morgan fingerprint density at radius 2 is 2.24 bits per heavy atom. The molecule has 0 aromatic heterocycles. The molecule has 0 heterocycles. The van der Waals surface area contributed by atoms with Crippen LogP contribution in [0, 0.1) is 17.2 Å². The van der Waals surface area contributed by atoms with Crippen molar-refractivity contribution in [3.8, 4) is 6.07 Å². The number of hydrogen-bond donors (Lipinski definition) is 0. The van der Waals surface area contributed by atoms with Gasteiger partial charge in [0.05, 0.1) is 11.6 Å². The smallest absolute Gasteiger partial charge is 0.0992 e. The van der Waals surface area contributed by atoms with Crippen LogP contribution >= 0.6 is 15.9 Å². The molecule has 0 fully saturated rings. The maximum Gasteiger partial charge on any atom is 0.0992 e. The van der Waals surface area contributed by atoms with Crippen LogP contribution in [0.25, 0.3) is 0 Å². The van der Waals surface area contributed by atoms with E-state index in [9.17, 15) is 0 Å². The fraction of sp³-hybridized carbons (Fsp3) is 0.500. The Labute approximate surface area is 112 Å². The summed E-state index contributed by atoms with van der Waals surface area (Å²) in [6.07, 6.45) is 2.44. The molecule has 1 aromatic carbocycles. The lowest BCUT2D eigenvalue weighted by molar-refractivity contribution is 0.535. The summed E-state index contributed by atoms with van der Waals surface area (Å²) in [4.78, 5) is 2.22. The van der Waals surface area contributed by atoms with Crippen molar-refractivity contribution in [2.24, 2.45) is 5.92 Å². The van der Waals surface area contributed by atoms with Crippen molar-refractivity contribution in [3.05, 3.63) is 29.8 Å². The third-order valence-electron chi connectivity index (χ3n) is 2.86. The molecule has 0 amide bonds. The Bertz CT molecular complexity index is 384. The Kier molecular flexibility index (Phi) is 6.07. The Balaban J connectivity index is 2.68. The molecular weight excluding hydrogens is 276 g/mol. The van der Waals surface area contributed by atoms with Crippen LogP contribution < -0.4 is 4.90 Å². The molecule has 1 aromatic rings. The van der Waals surface area contributed by atoms with Gasteiger partial charge in [-0.2, -0.15) is 5.26 Å². The van der Waals surface area contributed by atoms with Gasteiger partial charge in [-0.3, -0.25) is 0 Å². The van der Waals surface area contributed by atoms with Crippen LogP contribution in [0.2, 0.25) is 0 Å². The van der Waals surface area contributed by atoms with E-state index in [4.69, 9.17) is 5.26 Å². The van der Waals surface area contributed by atoms with Gasteiger partial charge in [-0.1, -0.05) is 35.3 Å². The highest BCUT2D eigenvalue weighted by molar-refractivity contribution is 9.09. The van der Waals surface area contributed by atoms with E-state index < -0.39 is 0 Å². The van der Waals surface area contributed by atoms with Crippen LogP contribution in [0.4, 0.5) is 5.69 Å². The molecular formula is C14H19BrN2. The highest BCUT2D eigenvalue weighted by Crippen LogP contribution is 2.18. The molecule has 1 rings (SSSR count). The molecule has 1 atom stereocenters. The summed E-state index contributed by atoms with van der Waals surface area (Å²) in [5.41, 5.74) is 1.84. The van der Waals surface area contributed by atoms with E-state index in [2.05, 4.69) is 46.9 Å². The molecule has 1 unspecified atom stereocenters. The van der Waals surface area contributed by atoms with Gasteiger partial charge < -0.3 is 4.90 Å². The zero-order valence-corrected chi connectivity index (χ0v) is 12.1. The maximum absolute atomic E-state index is 8.88. The highest BCUT2D eigenvalue weighted by atomic mass is 79.9. The second kappa shape index (κ2) is 7.34. The predicted octanol–water partition coefficient (Wildman–Crippen LogP) is 3.81. The largest absolute Gasteiger partial charge is 0.374 e. The number of hydrogen-bond acceptors (Lipinski definition) is 2. The molecule has 0 aliphatic carbocycles. The zero-order valence-electron chi connectivity index (χ0n) is 10.5. The normalized spacial score (nSPS) is 11.9. The summed E-state index contributed by atoms with van der Waals surface area (Å²) in [5, 5.41) is 9.91. The Morgan fingerprint density at radius 1 is 1.47 bits per heavy atom. The van der Waals surface area contributed by atoms with Crippen LogP contribution in [0.15, 0.2) is 24.3 Å². The molecule has 0 spiro atoms. The van der Waals surface area contributed by atoms with E-state index in [0.717, 1.165) is 23.1 Å². The van der Waals surface area contributed by atoms with Crippen molar-refractivity contribution >= 4 is 21.6 Å². The second-order valence-electron chi connectivity index (χ2n) is 4.35. The van der Waals surface area contributed by atoms with Crippen LogP contribution in [0.1, 0.15) is 25.3 Å². The van der Waals surface area contributed by atoms with Crippen molar-refractivity contribution in [2.45, 2.75) is 19.8 Å². The minimum atomic E-state index is 0.663. The third kappa shape index (κ3) is 4.40. The van der Waals surface area contributed by atoms with Gasteiger partial charge in [0.1, 0.15) is 0 Å². The van der Waals surface area contributed by atoms with Crippen molar-refractivity contribution in [1.29, 1.82) is 5.26 Å². The molecule has 17 heavy (non-hydrogen) atoms. The average Bonchev–Trinajstić information content (AvgIpc) is 2.38. The molecule has 0 saturated carbocycles. The minimum absolute atomic E-state index is 0.663. The zero-order chi connectivity index (χ0) is 12.7. The first-order chi connectivity index (χ1) is 8.21. The van der Waals surface area contributed by atoms with E-state index in [0.29, 0.717) is 5.92 Å². The van der Waals surface area contributed by atoms with Crippen molar-refractivity contribution in [2.75, 3.05) is 23.8 Å². The van der Waals surface area contributed by atoms with Crippen molar-refractivity contribution < 1.29 is 0 Å². The SMILES string of the molecule is CCCC(CBr)CN(C)c1cccc(C#N)c1. The van der Waals surface area contributed by atoms with Gasteiger partial charge in [-0.15, -0.1) is 0 Å². The lowest BCUT2D eigenvalue weighted by Crippen LogP contribution is -2.26. The fourth-order valence-electron chi connectivity index (χ4n) is 1.93. The van der Waals surface area contributed by atoms with Crippen LogP contribution in [-0.4, -0.2) is 18.9 Å². The van der Waals surface area contributed by atoms with Crippen molar-refractivity contribution in [1.82, 2.24) is 0 Å². The van der Waals surface area contributed by atoms with E-state index in [1.54, 1.807) is 0 Å². The van der Waals surface area contributed by atoms with Crippen LogP contribution in [0.5, 0.6) is 0 Å². The van der Waals surface area contributed by atoms with Gasteiger partial charge in [-0.25, -0.2) is 0 Å². The van der Waals surface area contributed by atoms with Gasteiger partial charge in [-0.05, 0) is 30.5 Å². The standard InChI is InChI=1S/C14H19BrN2/c1-3-5-13(9-15)11-17(2)14-7-4-6-12(8-14)10-16/h4,6-8,13H,3,5,9,11H2,1-2H3. The summed E-state index contributed by atoms with van der Waals surface area (Å²) < 4.78 is 0. The van der Waals surface area contributed by atoms with Gasteiger partial charge in [0.25, 0.3) is 0 Å². The summed E-state index contributed by atoms with van der Waals surface area (Å²) in [7, 11) is 2.09. The molecule has 3 heteroatoms. The molecule has 92 valence electrons. The quantitative estimate of drug-likeness (QED) is 0.746. The van der Waals surface area contributed by atoms with E-state index in [1.807, 2.05) is 18.2 Å². The lowest BCUT2D eigenvalue weighted by atomic mass is 10.1. The molecule has 0 N–H and O–H groups in total. The van der Waals surface area contributed by atoms with Gasteiger partial charge in [0.2, 0.25) is 0 Å². The highest BCUT2D eigenvalue weighted by Gasteiger charge is 2.10. The molecule has 0 radical (unpaired) electrons. The van der Waals surface area contributed by atoms with Gasteiger partial charge >= 0.3 is 0 Å². The van der Waals surface area contributed by atoms with Crippen LogP contribution in [0.3, 0.4) is 0 Å². The number of rotatable bonds is 6. The van der Waals surface area contributed by atoms with E-state index >= 15 is 0 Å². The number of anilines is 1. The van der Waals surface area contributed by atoms with E-state index in [1.165, 1.54) is 12.8 Å². The predicted molar refractivity (Wildman–Crippen MR) is 76.6 cm³/mol. The van der Waals surface area contributed by atoms with Crippen LogP contribution in [-0.2, 0) is 0 Å². The number of alkyl halides is 1. The summed E-state index contributed by atoms with van der Waals surface area (Å²) in [6.45, 7) is 3.24. The Hall–Kier alpha value is -1.01. The number of nitriles is 1. The first-order valence-electron chi connectivity index (χ1n) is 5.98. The monoisotopic (exact) mass is 294 g/mol. The van der Waals surface area contributed by atoms with Crippen molar-refractivity contribution in [3.63, 3.8) is 0 Å². The third-order valence-corrected chi connectivity index (χ3v) is 3.78. The first-order valence-corrected chi connectivity index (χ1v) is 7.10. The number of benzene rings is 1. The minimum Gasteiger partial charge on any atom is -0.374 e. The van der Waals surface area contributed by atoms with E-state index in [-0.39, 0.29) is 0 Å².